The number of nitrogen functional groups attached to an aromatic ring is 1. The van der Waals surface area contributed by atoms with Gasteiger partial charge in [0.15, 0.2) is 0 Å². The molecule has 1 heterocycles. The number of para-hydroxylation sites is 2. The van der Waals surface area contributed by atoms with Crippen molar-refractivity contribution in [2.24, 2.45) is 0 Å². The van der Waals surface area contributed by atoms with Crippen molar-refractivity contribution in [1.82, 2.24) is 4.98 Å². The molecule has 0 saturated carbocycles. The first-order chi connectivity index (χ1) is 16.8. The largest absolute Gasteiger partial charge is 0.492 e. The predicted molar refractivity (Wildman–Crippen MR) is 139 cm³/mol. The lowest BCUT2D eigenvalue weighted by Gasteiger charge is -2.17. The Hall–Kier alpha value is -4.01. The Kier molecular flexibility index (Phi) is 8.35. The van der Waals surface area contributed by atoms with Gasteiger partial charge in [0, 0.05) is 5.56 Å². The lowest BCUT2D eigenvalue weighted by Crippen LogP contribution is -2.23. The van der Waals surface area contributed by atoms with E-state index in [4.69, 9.17) is 10.5 Å². The van der Waals surface area contributed by atoms with Crippen molar-refractivity contribution in [3.05, 3.63) is 65.2 Å². The molecule has 0 aliphatic rings. The van der Waals surface area contributed by atoms with Crippen molar-refractivity contribution in [1.29, 1.82) is 10.5 Å². The third-order valence-corrected chi connectivity index (χ3v) is 6.47. The number of carbonyl (C=O) groups excluding carboxylic acids is 1. The van der Waals surface area contributed by atoms with Gasteiger partial charge < -0.3 is 15.8 Å². The van der Waals surface area contributed by atoms with Gasteiger partial charge in [-0.05, 0) is 43.0 Å². The highest BCUT2D eigenvalue weighted by Crippen LogP contribution is 2.37. The fraction of sp³-hybridized carbons (Fsp3) is 0.259. The van der Waals surface area contributed by atoms with E-state index in [2.05, 4.69) is 36.3 Å². The van der Waals surface area contributed by atoms with Gasteiger partial charge in [-0.3, -0.25) is 4.79 Å². The van der Waals surface area contributed by atoms with Crippen LogP contribution in [0.25, 0.3) is 11.1 Å². The molecule has 0 radical (unpaired) electrons. The van der Waals surface area contributed by atoms with Gasteiger partial charge in [-0.25, -0.2) is 4.98 Å². The molecule has 7 nitrogen and oxygen atoms in total. The van der Waals surface area contributed by atoms with Gasteiger partial charge in [-0.1, -0.05) is 62.0 Å². The summed E-state index contributed by atoms with van der Waals surface area (Å²) in [6.07, 6.45) is 0. The predicted octanol–water partition coefficient (Wildman–Crippen LogP) is 5.72. The number of pyridine rings is 1. The first kappa shape index (κ1) is 25.6. The number of aromatic nitrogens is 1. The lowest BCUT2D eigenvalue weighted by atomic mass is 9.94. The van der Waals surface area contributed by atoms with E-state index >= 15 is 0 Å². The Bertz CT molecular complexity index is 1310. The van der Waals surface area contributed by atoms with Gasteiger partial charge in [-0.2, -0.15) is 10.5 Å². The Morgan fingerprint density at radius 1 is 1.09 bits per heavy atom. The number of nitriles is 2. The zero-order valence-electron chi connectivity index (χ0n) is 20.1. The number of benzene rings is 2. The van der Waals surface area contributed by atoms with Crippen molar-refractivity contribution < 1.29 is 9.53 Å². The van der Waals surface area contributed by atoms with E-state index < -0.39 is 5.25 Å². The van der Waals surface area contributed by atoms with Gasteiger partial charge in [-0.15, -0.1) is 0 Å². The molecule has 3 rings (SSSR count). The van der Waals surface area contributed by atoms with Crippen LogP contribution in [0.15, 0.2) is 53.6 Å². The molecule has 2 aromatic carbocycles. The van der Waals surface area contributed by atoms with Crippen molar-refractivity contribution in [3.8, 4) is 29.0 Å². The average Bonchev–Trinajstić information content (AvgIpc) is 2.85. The van der Waals surface area contributed by atoms with Crippen LogP contribution in [0.5, 0.6) is 5.75 Å². The van der Waals surface area contributed by atoms with Crippen LogP contribution in [-0.4, -0.2) is 22.7 Å². The van der Waals surface area contributed by atoms with Gasteiger partial charge in [0.05, 0.1) is 23.1 Å². The highest BCUT2D eigenvalue weighted by molar-refractivity contribution is 8.00. The fourth-order valence-corrected chi connectivity index (χ4v) is 4.43. The molecular weight excluding hydrogens is 458 g/mol. The summed E-state index contributed by atoms with van der Waals surface area (Å²) in [5, 5.41) is 22.4. The van der Waals surface area contributed by atoms with Crippen LogP contribution in [0.4, 0.5) is 11.5 Å². The molecule has 3 aromatic rings. The maximum Gasteiger partial charge on any atom is 0.237 e. The third kappa shape index (κ3) is 5.74. The van der Waals surface area contributed by atoms with Crippen LogP contribution < -0.4 is 15.8 Å². The molecule has 1 amide bonds. The molecule has 0 fully saturated rings. The number of nitrogens with two attached hydrogens (primary N) is 1. The number of hydrogen-bond acceptors (Lipinski definition) is 7. The topological polar surface area (TPSA) is 125 Å². The second kappa shape index (κ2) is 11.4. The first-order valence-electron chi connectivity index (χ1n) is 11.2. The van der Waals surface area contributed by atoms with Crippen LogP contribution in [0.1, 0.15) is 50.3 Å². The van der Waals surface area contributed by atoms with Gasteiger partial charge >= 0.3 is 0 Å². The minimum absolute atomic E-state index is 0.0197. The van der Waals surface area contributed by atoms with E-state index in [0.29, 0.717) is 40.1 Å². The fourth-order valence-electron chi connectivity index (χ4n) is 3.51. The molecule has 1 atom stereocenters. The zero-order valence-corrected chi connectivity index (χ0v) is 20.9. The number of nitrogens with one attached hydrogen (secondary N) is 1. The van der Waals surface area contributed by atoms with Gasteiger partial charge in [0.1, 0.15) is 34.3 Å². The molecule has 0 bridgehead atoms. The summed E-state index contributed by atoms with van der Waals surface area (Å²) in [5.74, 6) is 0.659. The third-order valence-electron chi connectivity index (χ3n) is 5.38. The van der Waals surface area contributed by atoms with Crippen LogP contribution in [0, 0.1) is 22.7 Å². The molecule has 178 valence electrons. The summed E-state index contributed by atoms with van der Waals surface area (Å²) >= 11 is 1.12. The molecule has 0 saturated heterocycles. The minimum atomic E-state index is -0.604. The number of anilines is 2. The molecule has 0 aliphatic carbocycles. The molecular formula is C27H27N5O2S. The second-order valence-corrected chi connectivity index (χ2v) is 9.44. The summed E-state index contributed by atoms with van der Waals surface area (Å²) in [7, 11) is 0. The monoisotopic (exact) mass is 485 g/mol. The van der Waals surface area contributed by atoms with Crippen molar-refractivity contribution in [2.75, 3.05) is 17.7 Å². The second-order valence-electron chi connectivity index (χ2n) is 8.11. The normalized spacial score (nSPS) is 11.4. The van der Waals surface area contributed by atoms with E-state index in [1.165, 1.54) is 0 Å². The molecule has 0 aliphatic heterocycles. The number of nitrogens with zero attached hydrogens (tertiary/aromatic N) is 3. The Balaban J connectivity index is 1.96. The van der Waals surface area contributed by atoms with Gasteiger partial charge in [0.25, 0.3) is 0 Å². The van der Waals surface area contributed by atoms with Crippen molar-refractivity contribution in [2.45, 2.75) is 43.9 Å². The molecule has 35 heavy (non-hydrogen) atoms. The van der Waals surface area contributed by atoms with Crippen LogP contribution in [0.3, 0.4) is 0 Å². The first-order valence-corrected chi connectivity index (χ1v) is 12.1. The lowest BCUT2D eigenvalue weighted by molar-refractivity contribution is -0.115. The quantitative estimate of drug-likeness (QED) is 0.391. The Morgan fingerprint density at radius 2 is 1.74 bits per heavy atom. The van der Waals surface area contributed by atoms with E-state index in [1.807, 2.05) is 43.3 Å². The summed E-state index contributed by atoms with van der Waals surface area (Å²) in [6.45, 7) is 8.24. The minimum Gasteiger partial charge on any atom is -0.492 e. The summed E-state index contributed by atoms with van der Waals surface area (Å²) in [5.41, 5.74) is 9.31. The van der Waals surface area contributed by atoms with Crippen LogP contribution in [0.2, 0.25) is 0 Å². The molecule has 3 N–H and O–H groups in total. The summed E-state index contributed by atoms with van der Waals surface area (Å²) in [4.78, 5) is 17.3. The van der Waals surface area contributed by atoms with E-state index in [0.717, 1.165) is 17.3 Å². The van der Waals surface area contributed by atoms with Crippen molar-refractivity contribution >= 4 is 29.2 Å². The molecule has 1 unspecified atom stereocenters. The number of rotatable bonds is 8. The van der Waals surface area contributed by atoms with Gasteiger partial charge in [0.2, 0.25) is 5.91 Å². The molecule has 8 heteroatoms. The highest BCUT2D eigenvalue weighted by Gasteiger charge is 2.24. The SMILES string of the molecule is CCOc1ccccc1NC(=O)C(C)Sc1nc(N)c(C#N)c(-c2ccc(C(C)C)cc2)c1C#N. The summed E-state index contributed by atoms with van der Waals surface area (Å²) < 4.78 is 5.58. The highest BCUT2D eigenvalue weighted by atomic mass is 32.2. The number of amides is 1. The maximum absolute atomic E-state index is 13.0. The Labute approximate surface area is 209 Å². The van der Waals surface area contributed by atoms with E-state index in [1.54, 1.807) is 19.1 Å². The Morgan fingerprint density at radius 3 is 2.34 bits per heavy atom. The smallest absolute Gasteiger partial charge is 0.237 e. The van der Waals surface area contributed by atoms with Crippen molar-refractivity contribution in [3.63, 3.8) is 0 Å². The standard InChI is InChI=1S/C27H27N5O2S/c1-5-34-23-9-7-6-8-22(23)31-26(33)17(4)35-27-21(15-29)24(20(14-28)25(30)32-27)19-12-10-18(11-13-19)16(2)3/h6-13,16-17H,5H2,1-4H3,(H2,30,32)(H,31,33). The maximum atomic E-state index is 13.0. The number of carbonyl (C=O) groups is 1. The summed E-state index contributed by atoms with van der Waals surface area (Å²) in [6, 6.07) is 19.1. The van der Waals surface area contributed by atoms with E-state index in [9.17, 15) is 15.3 Å². The van der Waals surface area contributed by atoms with E-state index in [-0.39, 0.29) is 22.9 Å². The van der Waals surface area contributed by atoms with Crippen LogP contribution >= 0.6 is 11.8 Å². The molecule has 1 aromatic heterocycles. The molecule has 0 spiro atoms. The van der Waals surface area contributed by atoms with Crippen LogP contribution in [-0.2, 0) is 4.79 Å². The number of hydrogen-bond donors (Lipinski definition) is 2. The zero-order chi connectivity index (χ0) is 25.5. The number of thioether (sulfide) groups is 1. The average molecular weight is 486 g/mol. The number of ether oxygens (including phenoxy) is 1.